The van der Waals surface area contributed by atoms with Gasteiger partial charge in [0.25, 0.3) is 11.8 Å². The molecule has 0 fully saturated rings. The van der Waals surface area contributed by atoms with Crippen LogP contribution in [0.25, 0.3) is 0 Å². The number of unbranched alkanes of at least 4 members (excludes halogenated alkanes) is 1. The molecule has 0 spiro atoms. The van der Waals surface area contributed by atoms with Crippen LogP contribution in [0, 0.1) is 0 Å². The molecule has 0 aromatic heterocycles. The maximum atomic E-state index is 12.4. The number of ether oxygens (including phenoxy) is 2. The molecule has 4 N–H and O–H groups in total. The summed E-state index contributed by atoms with van der Waals surface area (Å²) in [7, 11) is 0. The first-order valence-corrected chi connectivity index (χ1v) is 14.2. The molecule has 0 atom stereocenters. The topological polar surface area (TPSA) is 135 Å². The number of carbonyl (C=O) groups is 4. The molecule has 0 saturated carbocycles. The zero-order chi connectivity index (χ0) is 31.0. The van der Waals surface area contributed by atoms with E-state index < -0.39 is 0 Å². The summed E-state index contributed by atoms with van der Waals surface area (Å²) in [6, 6.07) is 31.8. The minimum atomic E-state index is -0.319. The average molecular weight is 595 g/mol. The molecule has 0 aliphatic heterocycles. The van der Waals surface area contributed by atoms with Crippen molar-refractivity contribution in [2.45, 2.75) is 25.7 Å². The van der Waals surface area contributed by atoms with E-state index in [9.17, 15) is 19.2 Å². The van der Waals surface area contributed by atoms with Crippen molar-refractivity contribution in [1.29, 1.82) is 0 Å². The fourth-order valence-corrected chi connectivity index (χ4v) is 4.09. The van der Waals surface area contributed by atoms with E-state index in [2.05, 4.69) is 21.3 Å². The number of hydrogen-bond acceptors (Lipinski definition) is 6. The number of hydrogen-bond donors (Lipinski definition) is 4. The summed E-state index contributed by atoms with van der Waals surface area (Å²) < 4.78 is 10.9. The molecule has 0 aliphatic carbocycles. The Hall–Kier alpha value is -5.64. The molecule has 0 heterocycles. The Morgan fingerprint density at radius 2 is 0.773 bits per heavy atom. The van der Waals surface area contributed by atoms with Crippen LogP contribution in [-0.2, 0) is 19.2 Å². The zero-order valence-electron chi connectivity index (χ0n) is 24.1. The van der Waals surface area contributed by atoms with Crippen LogP contribution in [0.2, 0.25) is 0 Å². The quantitative estimate of drug-likeness (QED) is 0.127. The minimum absolute atomic E-state index is 0.138. The molecule has 0 bridgehead atoms. The third-order valence-corrected chi connectivity index (χ3v) is 6.14. The molecule has 4 amide bonds. The van der Waals surface area contributed by atoms with E-state index in [0.717, 1.165) is 0 Å². The fourth-order valence-electron chi connectivity index (χ4n) is 4.09. The van der Waals surface area contributed by atoms with E-state index in [1.54, 1.807) is 72.8 Å². The molecule has 0 radical (unpaired) electrons. The average Bonchev–Trinajstić information content (AvgIpc) is 3.02. The summed E-state index contributed by atoms with van der Waals surface area (Å²) in [4.78, 5) is 49.3. The van der Waals surface area contributed by atoms with Crippen LogP contribution in [0.4, 0.5) is 22.7 Å². The first kappa shape index (κ1) is 31.3. The van der Waals surface area contributed by atoms with Crippen molar-refractivity contribution in [3.05, 3.63) is 109 Å². The Labute approximate surface area is 255 Å². The van der Waals surface area contributed by atoms with E-state index in [0.29, 0.717) is 47.1 Å². The molecule has 4 rings (SSSR count). The van der Waals surface area contributed by atoms with Gasteiger partial charge in [0.05, 0.1) is 0 Å². The van der Waals surface area contributed by atoms with Crippen LogP contribution in [0.1, 0.15) is 25.7 Å². The summed E-state index contributed by atoms with van der Waals surface area (Å²) in [6.45, 7) is -0.276. The van der Waals surface area contributed by atoms with Crippen molar-refractivity contribution in [1.82, 2.24) is 0 Å². The lowest BCUT2D eigenvalue weighted by molar-refractivity contribution is -0.118. The van der Waals surface area contributed by atoms with Gasteiger partial charge in [0, 0.05) is 35.6 Å². The van der Waals surface area contributed by atoms with Gasteiger partial charge in [-0.05, 0) is 73.5 Å². The highest BCUT2D eigenvalue weighted by Crippen LogP contribution is 2.18. The number of anilines is 4. The molecule has 10 nitrogen and oxygen atoms in total. The number of amides is 4. The van der Waals surface area contributed by atoms with Crippen molar-refractivity contribution < 1.29 is 28.7 Å². The van der Waals surface area contributed by atoms with E-state index in [-0.39, 0.29) is 49.7 Å². The minimum Gasteiger partial charge on any atom is -0.484 e. The Kier molecular flexibility index (Phi) is 11.9. The van der Waals surface area contributed by atoms with E-state index >= 15 is 0 Å². The van der Waals surface area contributed by atoms with Gasteiger partial charge in [0.1, 0.15) is 11.5 Å². The van der Waals surface area contributed by atoms with Gasteiger partial charge >= 0.3 is 0 Å². The van der Waals surface area contributed by atoms with Gasteiger partial charge in [-0.3, -0.25) is 19.2 Å². The van der Waals surface area contributed by atoms with Crippen LogP contribution in [0.15, 0.2) is 109 Å². The molecule has 10 heteroatoms. The standard InChI is InChI=1S/C34H34N4O6/c39-31(35-25-11-9-13-27(21-25)37-33(41)23-43-29-15-3-1-4-16-29)19-7-8-20-32(40)36-26-12-10-14-28(22-26)38-34(42)24-44-30-17-5-2-6-18-30/h1-6,9-18,21-22H,7-8,19-20,23-24H2,(H,35,39)(H,36,40)(H,37,41)(H,38,42). The van der Waals surface area contributed by atoms with Gasteiger partial charge in [0.15, 0.2) is 13.2 Å². The molecule has 0 aliphatic rings. The number of rotatable bonds is 15. The molecule has 4 aromatic rings. The summed E-state index contributed by atoms with van der Waals surface area (Å²) in [5.41, 5.74) is 2.16. The van der Waals surface area contributed by atoms with Crippen LogP contribution >= 0.6 is 0 Å². The Bertz CT molecular complexity index is 1430. The second kappa shape index (κ2) is 16.7. The smallest absolute Gasteiger partial charge is 0.262 e. The molecular formula is C34H34N4O6. The lowest BCUT2D eigenvalue weighted by Gasteiger charge is -2.10. The highest BCUT2D eigenvalue weighted by atomic mass is 16.5. The third-order valence-electron chi connectivity index (χ3n) is 6.14. The van der Waals surface area contributed by atoms with Crippen molar-refractivity contribution >= 4 is 46.4 Å². The van der Waals surface area contributed by atoms with Gasteiger partial charge in [-0.15, -0.1) is 0 Å². The highest BCUT2D eigenvalue weighted by Gasteiger charge is 2.09. The summed E-state index contributed by atoms with van der Waals surface area (Å²) in [5, 5.41) is 11.1. The van der Waals surface area contributed by atoms with Crippen LogP contribution in [-0.4, -0.2) is 36.8 Å². The first-order chi connectivity index (χ1) is 21.4. The van der Waals surface area contributed by atoms with Gasteiger partial charge in [-0.25, -0.2) is 0 Å². The van der Waals surface area contributed by atoms with Crippen LogP contribution < -0.4 is 30.7 Å². The van der Waals surface area contributed by atoms with Crippen molar-refractivity contribution in [3.8, 4) is 11.5 Å². The van der Waals surface area contributed by atoms with Crippen molar-refractivity contribution in [2.24, 2.45) is 0 Å². The molecule has 226 valence electrons. The lowest BCUT2D eigenvalue weighted by atomic mass is 10.1. The van der Waals surface area contributed by atoms with Gasteiger partial charge in [-0.1, -0.05) is 48.5 Å². The first-order valence-electron chi connectivity index (χ1n) is 14.2. The maximum absolute atomic E-state index is 12.4. The van der Waals surface area contributed by atoms with E-state index in [1.807, 2.05) is 36.4 Å². The normalized spacial score (nSPS) is 10.3. The summed E-state index contributed by atoms with van der Waals surface area (Å²) >= 11 is 0. The van der Waals surface area contributed by atoms with Crippen molar-refractivity contribution in [2.75, 3.05) is 34.5 Å². The number of nitrogens with one attached hydrogen (secondary N) is 4. The Morgan fingerprint density at radius 3 is 1.14 bits per heavy atom. The molecule has 0 saturated heterocycles. The molecule has 4 aromatic carbocycles. The maximum Gasteiger partial charge on any atom is 0.262 e. The monoisotopic (exact) mass is 594 g/mol. The van der Waals surface area contributed by atoms with Gasteiger partial charge in [0.2, 0.25) is 11.8 Å². The Morgan fingerprint density at radius 1 is 0.432 bits per heavy atom. The number of para-hydroxylation sites is 2. The second-order valence-corrected chi connectivity index (χ2v) is 9.76. The summed E-state index contributed by atoms with van der Waals surface area (Å²) in [5.74, 6) is 0.173. The lowest BCUT2D eigenvalue weighted by Crippen LogP contribution is -2.20. The molecular weight excluding hydrogens is 560 g/mol. The second-order valence-electron chi connectivity index (χ2n) is 9.76. The Balaban J connectivity index is 1.12. The fraction of sp³-hybridized carbons (Fsp3) is 0.176. The zero-order valence-corrected chi connectivity index (χ0v) is 24.1. The van der Waals surface area contributed by atoms with E-state index in [1.165, 1.54) is 0 Å². The predicted octanol–water partition coefficient (Wildman–Crippen LogP) is 5.86. The van der Waals surface area contributed by atoms with Gasteiger partial charge in [-0.2, -0.15) is 0 Å². The molecule has 44 heavy (non-hydrogen) atoms. The van der Waals surface area contributed by atoms with Crippen LogP contribution in [0.3, 0.4) is 0 Å². The highest BCUT2D eigenvalue weighted by molar-refractivity contribution is 5.95. The number of benzene rings is 4. The van der Waals surface area contributed by atoms with Gasteiger partial charge < -0.3 is 30.7 Å². The third kappa shape index (κ3) is 11.3. The van der Waals surface area contributed by atoms with Crippen molar-refractivity contribution in [3.63, 3.8) is 0 Å². The van der Waals surface area contributed by atoms with E-state index in [4.69, 9.17) is 9.47 Å². The SMILES string of the molecule is O=C(CCCCC(=O)Nc1cccc(NC(=O)COc2ccccc2)c1)Nc1cccc(NC(=O)COc2ccccc2)c1. The largest absolute Gasteiger partial charge is 0.484 e. The molecule has 0 unspecified atom stereocenters. The summed E-state index contributed by atoms with van der Waals surface area (Å²) in [6.07, 6.45) is 1.51. The predicted molar refractivity (Wildman–Crippen MR) is 170 cm³/mol. The number of carbonyl (C=O) groups excluding carboxylic acids is 4. The van der Waals surface area contributed by atoms with Crippen LogP contribution in [0.5, 0.6) is 11.5 Å².